The van der Waals surface area contributed by atoms with Gasteiger partial charge in [-0.05, 0) is 36.4 Å². The molecule has 27 heavy (non-hydrogen) atoms. The molecule has 2 aromatic rings. The molecule has 0 saturated carbocycles. The summed E-state index contributed by atoms with van der Waals surface area (Å²) < 4.78 is 18.2. The van der Waals surface area contributed by atoms with Crippen LogP contribution in [0.3, 0.4) is 0 Å². The molecule has 3 rings (SSSR count). The Bertz CT molecular complexity index is 736. The number of rotatable bonds is 7. The van der Waals surface area contributed by atoms with E-state index in [-0.39, 0.29) is 29.0 Å². The number of hydrogen-bond donors (Lipinski definition) is 0. The molecule has 0 spiro atoms. The number of methoxy groups -OCH3 is 1. The fraction of sp³-hybridized carbons (Fsp3) is 0.381. The van der Waals surface area contributed by atoms with Gasteiger partial charge in [0.05, 0.1) is 24.1 Å². The van der Waals surface area contributed by atoms with E-state index < -0.39 is 0 Å². The van der Waals surface area contributed by atoms with Crippen molar-refractivity contribution in [3.05, 3.63) is 66.2 Å². The normalized spacial score (nSPS) is 27.8. The maximum absolute atomic E-state index is 9.35. The van der Waals surface area contributed by atoms with Gasteiger partial charge in [-0.15, -0.1) is 0 Å². The van der Waals surface area contributed by atoms with Gasteiger partial charge in [-0.1, -0.05) is 60.3 Å². The molecular weight excluding hydrogens is 378 g/mol. The minimum absolute atomic E-state index is 0.131. The van der Waals surface area contributed by atoms with Crippen LogP contribution in [0.5, 0.6) is 0 Å². The van der Waals surface area contributed by atoms with Crippen LogP contribution in [-0.2, 0) is 20.8 Å². The smallest absolute Gasteiger partial charge is 0.135 e. The third-order valence-corrected chi connectivity index (χ3v) is 6.54. The van der Waals surface area contributed by atoms with E-state index in [1.807, 2.05) is 55.5 Å². The predicted molar refractivity (Wildman–Crippen MR) is 109 cm³/mol. The van der Waals surface area contributed by atoms with Gasteiger partial charge in [0.15, 0.2) is 0 Å². The van der Waals surface area contributed by atoms with Crippen LogP contribution >= 0.6 is 23.5 Å². The molecule has 1 aliphatic heterocycles. The third kappa shape index (κ3) is 5.28. The number of thiocyanates is 1. The number of thioether (sulfide) groups is 2. The van der Waals surface area contributed by atoms with Gasteiger partial charge >= 0.3 is 0 Å². The molecule has 1 saturated heterocycles. The lowest BCUT2D eigenvalue weighted by atomic mass is 10.0. The quantitative estimate of drug-likeness (QED) is 0.627. The summed E-state index contributed by atoms with van der Waals surface area (Å²) in [6.07, 6.45) is -0.628. The molecule has 0 bridgehead atoms. The lowest BCUT2D eigenvalue weighted by Gasteiger charge is -2.43. The first-order chi connectivity index (χ1) is 13.2. The molecule has 2 aromatic carbocycles. The zero-order chi connectivity index (χ0) is 19.1. The van der Waals surface area contributed by atoms with Crippen LogP contribution in [0.25, 0.3) is 0 Å². The van der Waals surface area contributed by atoms with Crippen LogP contribution in [0.2, 0.25) is 0 Å². The number of ether oxygens (including phenoxy) is 3. The van der Waals surface area contributed by atoms with Gasteiger partial charge in [-0.3, -0.25) is 0 Å². The topological polar surface area (TPSA) is 51.5 Å². The maximum atomic E-state index is 9.35. The first-order valence-electron chi connectivity index (χ1n) is 8.83. The zero-order valence-corrected chi connectivity index (χ0v) is 17.0. The second-order valence-corrected chi connectivity index (χ2v) is 8.41. The third-order valence-electron chi connectivity index (χ3n) is 4.47. The zero-order valence-electron chi connectivity index (χ0n) is 15.4. The Labute approximate surface area is 169 Å². The minimum Gasteiger partial charge on any atom is -0.377 e. The van der Waals surface area contributed by atoms with E-state index in [0.717, 1.165) is 10.5 Å². The van der Waals surface area contributed by atoms with Gasteiger partial charge in [0.2, 0.25) is 0 Å². The van der Waals surface area contributed by atoms with E-state index >= 15 is 0 Å². The number of nitrogens with zero attached hydrogens (tertiary/aromatic N) is 1. The molecule has 0 aromatic heterocycles. The standard InChI is InChI=1S/C21H23NO3S2/c1-15-18(24-13-16-9-5-3-6-10-16)20(26-14-22)19(23-2)21(25-15)27-17-11-7-4-8-12-17/h3-12,15,18-21H,13H2,1-2H3. The first-order valence-corrected chi connectivity index (χ1v) is 10.6. The summed E-state index contributed by atoms with van der Waals surface area (Å²) in [5.41, 5.74) is 0.898. The summed E-state index contributed by atoms with van der Waals surface area (Å²) in [7, 11) is 1.67. The molecule has 5 unspecified atom stereocenters. The summed E-state index contributed by atoms with van der Waals surface area (Å²) in [5, 5.41) is 11.4. The first kappa shape index (κ1) is 20.2. The Morgan fingerprint density at radius 3 is 2.33 bits per heavy atom. The molecule has 1 aliphatic rings. The molecule has 0 aliphatic carbocycles. The van der Waals surface area contributed by atoms with E-state index in [2.05, 4.69) is 17.5 Å². The van der Waals surface area contributed by atoms with E-state index in [1.165, 1.54) is 11.8 Å². The average Bonchev–Trinajstić information content (AvgIpc) is 2.69. The molecule has 6 heteroatoms. The van der Waals surface area contributed by atoms with Crippen molar-refractivity contribution in [2.75, 3.05) is 7.11 Å². The van der Waals surface area contributed by atoms with Crippen molar-refractivity contribution < 1.29 is 14.2 Å². The Morgan fingerprint density at radius 1 is 1.04 bits per heavy atom. The summed E-state index contributed by atoms with van der Waals surface area (Å²) in [6.45, 7) is 2.49. The number of hydrogen-bond acceptors (Lipinski definition) is 6. The van der Waals surface area contributed by atoms with Crippen molar-refractivity contribution in [1.29, 1.82) is 5.26 Å². The van der Waals surface area contributed by atoms with Crippen molar-refractivity contribution in [2.24, 2.45) is 0 Å². The van der Waals surface area contributed by atoms with Gasteiger partial charge in [-0.25, -0.2) is 0 Å². The highest BCUT2D eigenvalue weighted by atomic mass is 32.2. The summed E-state index contributed by atoms with van der Waals surface area (Å²) in [4.78, 5) is 1.11. The molecule has 4 nitrogen and oxygen atoms in total. The fourth-order valence-electron chi connectivity index (χ4n) is 3.14. The predicted octanol–water partition coefficient (Wildman–Crippen LogP) is 4.71. The van der Waals surface area contributed by atoms with Crippen LogP contribution in [0.4, 0.5) is 0 Å². The van der Waals surface area contributed by atoms with Crippen LogP contribution < -0.4 is 0 Å². The molecule has 0 radical (unpaired) electrons. The lowest BCUT2D eigenvalue weighted by molar-refractivity contribution is -0.156. The van der Waals surface area contributed by atoms with E-state index in [0.29, 0.717) is 6.61 Å². The van der Waals surface area contributed by atoms with Gasteiger partial charge in [0.1, 0.15) is 16.9 Å². The highest BCUT2D eigenvalue weighted by molar-refractivity contribution is 8.04. The van der Waals surface area contributed by atoms with Gasteiger partial charge in [-0.2, -0.15) is 5.26 Å². The van der Waals surface area contributed by atoms with Crippen molar-refractivity contribution in [3.8, 4) is 5.40 Å². The van der Waals surface area contributed by atoms with E-state index in [4.69, 9.17) is 14.2 Å². The van der Waals surface area contributed by atoms with Crippen molar-refractivity contribution in [1.82, 2.24) is 0 Å². The summed E-state index contributed by atoms with van der Waals surface area (Å²) in [6, 6.07) is 20.1. The number of benzene rings is 2. The van der Waals surface area contributed by atoms with Gasteiger partial charge in [0.25, 0.3) is 0 Å². The molecule has 5 atom stereocenters. The van der Waals surface area contributed by atoms with Gasteiger partial charge < -0.3 is 14.2 Å². The minimum atomic E-state index is -0.253. The van der Waals surface area contributed by atoms with E-state index in [1.54, 1.807) is 18.9 Å². The monoisotopic (exact) mass is 401 g/mol. The Morgan fingerprint density at radius 2 is 1.70 bits per heavy atom. The lowest BCUT2D eigenvalue weighted by Crippen LogP contribution is -2.55. The highest BCUT2D eigenvalue weighted by Crippen LogP contribution is 2.39. The summed E-state index contributed by atoms with van der Waals surface area (Å²) in [5.74, 6) is 0. The van der Waals surface area contributed by atoms with Crippen LogP contribution in [0, 0.1) is 10.7 Å². The van der Waals surface area contributed by atoms with Crippen molar-refractivity contribution >= 4 is 23.5 Å². The average molecular weight is 402 g/mol. The van der Waals surface area contributed by atoms with E-state index in [9.17, 15) is 5.26 Å². The second kappa shape index (κ2) is 10.2. The molecule has 0 amide bonds. The fourth-order valence-corrected chi connectivity index (χ4v) is 5.41. The molecule has 1 heterocycles. The van der Waals surface area contributed by atoms with Crippen LogP contribution in [0.1, 0.15) is 12.5 Å². The second-order valence-electron chi connectivity index (χ2n) is 6.28. The van der Waals surface area contributed by atoms with Crippen LogP contribution in [0.15, 0.2) is 65.6 Å². The molecule has 0 N–H and O–H groups in total. The van der Waals surface area contributed by atoms with Gasteiger partial charge in [0, 0.05) is 12.0 Å². The van der Waals surface area contributed by atoms with Crippen molar-refractivity contribution in [2.45, 2.75) is 47.4 Å². The SMILES string of the molecule is COC1C(Sc2ccccc2)OC(C)C(OCc2ccccc2)C1SC#N. The molecule has 142 valence electrons. The number of nitriles is 1. The van der Waals surface area contributed by atoms with Crippen molar-refractivity contribution in [3.63, 3.8) is 0 Å². The maximum Gasteiger partial charge on any atom is 0.135 e. The Kier molecular flexibility index (Phi) is 7.62. The molecular formula is C21H23NO3S2. The summed E-state index contributed by atoms with van der Waals surface area (Å²) >= 11 is 2.83. The Hall–Kier alpha value is -1.49. The van der Waals surface area contributed by atoms with Crippen LogP contribution in [-0.4, -0.2) is 36.1 Å². The largest absolute Gasteiger partial charge is 0.377 e. The molecule has 1 fully saturated rings. The highest BCUT2D eigenvalue weighted by Gasteiger charge is 2.46. The Balaban J connectivity index is 1.74.